The third kappa shape index (κ3) is 3.09. The molecule has 4 nitrogen and oxygen atoms in total. The number of aliphatic hydroxyl groups is 4. The van der Waals surface area contributed by atoms with Gasteiger partial charge in [0.25, 0.3) is 0 Å². The summed E-state index contributed by atoms with van der Waals surface area (Å²) < 4.78 is 0. The van der Waals surface area contributed by atoms with Gasteiger partial charge in [0.15, 0.2) is 0 Å². The zero-order chi connectivity index (χ0) is 14.2. The monoisotopic (exact) mass is 256 g/mol. The van der Waals surface area contributed by atoms with Crippen LogP contribution < -0.4 is 0 Å². The first-order chi connectivity index (χ1) is 8.47. The molecule has 0 aromatic heterocycles. The van der Waals surface area contributed by atoms with Crippen LogP contribution in [0.25, 0.3) is 0 Å². The second-order valence-electron chi connectivity index (χ2n) is 4.53. The molecule has 0 saturated heterocycles. The van der Waals surface area contributed by atoms with Crippen LogP contribution in [0.15, 0.2) is 38.0 Å². The average Bonchev–Trinajstić information content (AvgIpc) is 2.32. The molecule has 0 bridgehead atoms. The van der Waals surface area contributed by atoms with Crippen molar-refractivity contribution < 1.29 is 20.4 Å². The second kappa shape index (κ2) is 7.48. The van der Waals surface area contributed by atoms with Crippen LogP contribution in [0.5, 0.6) is 0 Å². The van der Waals surface area contributed by atoms with Gasteiger partial charge in [0.2, 0.25) is 0 Å². The van der Waals surface area contributed by atoms with Gasteiger partial charge in [0, 0.05) is 0 Å². The Bertz CT molecular complexity index is 272. The van der Waals surface area contributed by atoms with Crippen molar-refractivity contribution >= 4 is 0 Å². The van der Waals surface area contributed by atoms with E-state index >= 15 is 0 Å². The Hall–Kier alpha value is -0.940. The Morgan fingerprint density at radius 3 is 1.67 bits per heavy atom. The fraction of sp³-hybridized carbons (Fsp3) is 0.571. The molecule has 0 heterocycles. The van der Waals surface area contributed by atoms with Gasteiger partial charge in [-0.3, -0.25) is 0 Å². The van der Waals surface area contributed by atoms with Crippen molar-refractivity contribution in [2.24, 2.45) is 5.41 Å². The lowest BCUT2D eigenvalue weighted by molar-refractivity contribution is -0.180. The first-order valence-electron chi connectivity index (χ1n) is 5.92. The van der Waals surface area contributed by atoms with E-state index in [1.807, 2.05) is 0 Å². The molecule has 0 saturated carbocycles. The Labute approximate surface area is 109 Å². The first-order valence-corrected chi connectivity index (χ1v) is 5.92. The van der Waals surface area contributed by atoms with Gasteiger partial charge in [-0.05, 0) is 19.3 Å². The van der Waals surface area contributed by atoms with E-state index in [9.17, 15) is 20.4 Å². The summed E-state index contributed by atoms with van der Waals surface area (Å²) in [4.78, 5) is 0. The first kappa shape index (κ1) is 17.1. The molecule has 0 aromatic carbocycles. The van der Waals surface area contributed by atoms with Gasteiger partial charge < -0.3 is 20.4 Å². The lowest BCUT2D eigenvalue weighted by atomic mass is 9.65. The van der Waals surface area contributed by atoms with Crippen molar-refractivity contribution in [1.29, 1.82) is 0 Å². The minimum absolute atomic E-state index is 0.133. The molecule has 0 fully saturated rings. The largest absolute Gasteiger partial charge is 0.395 e. The molecule has 0 aliphatic carbocycles. The van der Waals surface area contributed by atoms with Crippen LogP contribution in [0.4, 0.5) is 0 Å². The highest BCUT2D eigenvalue weighted by molar-refractivity contribution is 5.08. The molecule has 0 aliphatic rings. The molecule has 104 valence electrons. The van der Waals surface area contributed by atoms with Crippen LogP contribution in [-0.2, 0) is 0 Å². The molecule has 1 unspecified atom stereocenters. The number of hydrogen-bond donors (Lipinski definition) is 4. The van der Waals surface area contributed by atoms with Gasteiger partial charge in [0.05, 0.1) is 30.3 Å². The Balaban J connectivity index is 5.54. The van der Waals surface area contributed by atoms with Crippen molar-refractivity contribution in [2.75, 3.05) is 13.2 Å². The highest BCUT2D eigenvalue weighted by atomic mass is 16.3. The van der Waals surface area contributed by atoms with Crippen LogP contribution in [0, 0.1) is 5.41 Å². The number of hydrogen-bond acceptors (Lipinski definition) is 4. The molecule has 4 N–H and O–H groups in total. The number of rotatable bonds is 10. The summed E-state index contributed by atoms with van der Waals surface area (Å²) in [5.41, 5.74) is -2.94. The van der Waals surface area contributed by atoms with Crippen molar-refractivity contribution in [1.82, 2.24) is 0 Å². The van der Waals surface area contributed by atoms with Gasteiger partial charge in [0.1, 0.15) is 0 Å². The van der Waals surface area contributed by atoms with Crippen LogP contribution in [-0.4, -0.2) is 45.3 Å². The van der Waals surface area contributed by atoms with Gasteiger partial charge >= 0.3 is 0 Å². The summed E-state index contributed by atoms with van der Waals surface area (Å²) >= 11 is 0. The van der Waals surface area contributed by atoms with Gasteiger partial charge in [-0.25, -0.2) is 0 Å². The molecule has 4 heteroatoms. The summed E-state index contributed by atoms with van der Waals surface area (Å²) in [5, 5.41) is 39.9. The summed E-state index contributed by atoms with van der Waals surface area (Å²) in [6.45, 7) is 9.53. The predicted octanol–water partition coefficient (Wildman–Crippen LogP) is 0.778. The number of aliphatic hydroxyl groups excluding tert-OH is 3. The average molecular weight is 256 g/mol. The Morgan fingerprint density at radius 1 is 0.944 bits per heavy atom. The van der Waals surface area contributed by atoms with Gasteiger partial charge in [-0.1, -0.05) is 18.2 Å². The standard InChI is InChI=1S/C14H24O4/c1-4-7-12(17)13(10-15,11-16)14(18,8-5-2)9-6-3/h4-6,12,15-18H,1-3,7-11H2. The molecule has 18 heavy (non-hydrogen) atoms. The molecule has 0 spiro atoms. The molecular weight excluding hydrogens is 232 g/mol. The van der Waals surface area contributed by atoms with E-state index in [1.165, 1.54) is 18.2 Å². The zero-order valence-electron chi connectivity index (χ0n) is 10.8. The van der Waals surface area contributed by atoms with Crippen LogP contribution in [0.1, 0.15) is 19.3 Å². The summed E-state index contributed by atoms with van der Waals surface area (Å²) in [6, 6.07) is 0. The molecule has 0 radical (unpaired) electrons. The van der Waals surface area contributed by atoms with Crippen molar-refractivity contribution in [2.45, 2.75) is 31.0 Å². The van der Waals surface area contributed by atoms with Crippen molar-refractivity contribution in [3.63, 3.8) is 0 Å². The lowest BCUT2D eigenvalue weighted by Crippen LogP contribution is -2.59. The SMILES string of the molecule is C=CCC(O)C(CO)(CO)C(O)(CC=C)CC=C. The summed E-state index contributed by atoms with van der Waals surface area (Å²) in [6.07, 6.45) is 3.79. The zero-order valence-corrected chi connectivity index (χ0v) is 10.8. The predicted molar refractivity (Wildman–Crippen MR) is 72.0 cm³/mol. The Morgan fingerprint density at radius 2 is 1.39 bits per heavy atom. The maximum absolute atomic E-state index is 10.7. The van der Waals surface area contributed by atoms with E-state index < -0.39 is 30.3 Å². The quantitative estimate of drug-likeness (QED) is 0.435. The molecule has 0 amide bonds. The fourth-order valence-corrected chi connectivity index (χ4v) is 2.22. The minimum atomic E-state index is -1.50. The smallest absolute Gasteiger partial charge is 0.0841 e. The summed E-state index contributed by atoms with van der Waals surface area (Å²) in [5.74, 6) is 0. The molecule has 0 aromatic rings. The summed E-state index contributed by atoms with van der Waals surface area (Å²) in [7, 11) is 0. The molecule has 0 rings (SSSR count). The van der Waals surface area contributed by atoms with Gasteiger partial charge in [-0.2, -0.15) is 0 Å². The van der Waals surface area contributed by atoms with Crippen molar-refractivity contribution in [3.8, 4) is 0 Å². The maximum Gasteiger partial charge on any atom is 0.0841 e. The molecular formula is C14H24O4. The Kier molecular flexibility index (Phi) is 7.09. The third-order valence-electron chi connectivity index (χ3n) is 3.48. The second-order valence-corrected chi connectivity index (χ2v) is 4.53. The fourth-order valence-electron chi connectivity index (χ4n) is 2.22. The molecule has 0 aliphatic heterocycles. The van der Waals surface area contributed by atoms with E-state index in [4.69, 9.17) is 0 Å². The van der Waals surface area contributed by atoms with E-state index in [2.05, 4.69) is 19.7 Å². The van der Waals surface area contributed by atoms with E-state index in [0.717, 1.165) is 0 Å². The van der Waals surface area contributed by atoms with E-state index in [-0.39, 0.29) is 19.3 Å². The van der Waals surface area contributed by atoms with Crippen LogP contribution >= 0.6 is 0 Å². The van der Waals surface area contributed by atoms with E-state index in [1.54, 1.807) is 0 Å². The normalized spacial score (nSPS) is 14.0. The minimum Gasteiger partial charge on any atom is -0.395 e. The van der Waals surface area contributed by atoms with Crippen LogP contribution in [0.3, 0.4) is 0 Å². The van der Waals surface area contributed by atoms with Gasteiger partial charge in [-0.15, -0.1) is 19.7 Å². The highest BCUT2D eigenvalue weighted by Crippen LogP contribution is 2.41. The van der Waals surface area contributed by atoms with E-state index in [0.29, 0.717) is 0 Å². The van der Waals surface area contributed by atoms with Crippen molar-refractivity contribution in [3.05, 3.63) is 38.0 Å². The topological polar surface area (TPSA) is 80.9 Å². The third-order valence-corrected chi connectivity index (χ3v) is 3.48. The lowest BCUT2D eigenvalue weighted by Gasteiger charge is -2.47. The maximum atomic E-state index is 10.7. The molecule has 1 atom stereocenters. The highest BCUT2D eigenvalue weighted by Gasteiger charge is 2.52. The van der Waals surface area contributed by atoms with Crippen LogP contribution in [0.2, 0.25) is 0 Å².